The van der Waals surface area contributed by atoms with Crippen LogP contribution in [0.2, 0.25) is 0 Å². The first kappa shape index (κ1) is 8.67. The van der Waals surface area contributed by atoms with Gasteiger partial charge in [0.1, 0.15) is 0 Å². The lowest BCUT2D eigenvalue weighted by molar-refractivity contribution is 0.363. The highest BCUT2D eigenvalue weighted by molar-refractivity contribution is 5.53. The van der Waals surface area contributed by atoms with Crippen molar-refractivity contribution in [3.8, 4) is 17.2 Å². The van der Waals surface area contributed by atoms with Crippen molar-refractivity contribution in [3.05, 3.63) is 17.7 Å². The first-order valence-electron chi connectivity index (χ1n) is 3.53. The van der Waals surface area contributed by atoms with Gasteiger partial charge in [-0.05, 0) is 19.1 Å². The summed E-state index contributed by atoms with van der Waals surface area (Å²) in [7, 11) is 0. The molecule has 0 saturated carbocycles. The highest BCUT2D eigenvalue weighted by atomic mass is 16.3. The molecule has 1 aromatic carbocycles. The van der Waals surface area contributed by atoms with Crippen LogP contribution in [0, 0.1) is 0 Å². The first-order chi connectivity index (χ1) is 5.54. The van der Waals surface area contributed by atoms with Gasteiger partial charge in [0.15, 0.2) is 11.5 Å². The van der Waals surface area contributed by atoms with Crippen molar-refractivity contribution in [1.29, 1.82) is 0 Å². The summed E-state index contributed by atoms with van der Waals surface area (Å²) < 4.78 is 0. The smallest absolute Gasteiger partial charge is 0.200 e. The van der Waals surface area contributed by atoms with Crippen molar-refractivity contribution in [2.45, 2.75) is 13.0 Å². The lowest BCUT2D eigenvalue weighted by Crippen LogP contribution is -2.04. The van der Waals surface area contributed by atoms with E-state index in [0.29, 0.717) is 5.56 Å². The molecular formula is C8H11NO3. The zero-order valence-corrected chi connectivity index (χ0v) is 6.65. The van der Waals surface area contributed by atoms with E-state index in [1.807, 2.05) is 0 Å². The Bertz CT molecular complexity index is 297. The minimum Gasteiger partial charge on any atom is -0.504 e. The average molecular weight is 169 g/mol. The second-order valence-corrected chi connectivity index (χ2v) is 2.66. The van der Waals surface area contributed by atoms with E-state index in [1.54, 1.807) is 6.92 Å². The summed E-state index contributed by atoms with van der Waals surface area (Å²) in [5, 5.41) is 27.3. The Morgan fingerprint density at radius 1 is 1.17 bits per heavy atom. The predicted octanol–water partition coefficient (Wildman–Crippen LogP) is 0.823. The van der Waals surface area contributed by atoms with Crippen molar-refractivity contribution in [1.82, 2.24) is 0 Å². The molecule has 0 amide bonds. The van der Waals surface area contributed by atoms with E-state index in [2.05, 4.69) is 0 Å². The highest BCUT2D eigenvalue weighted by Crippen LogP contribution is 2.38. The zero-order valence-electron chi connectivity index (χ0n) is 6.65. The topological polar surface area (TPSA) is 86.7 Å². The van der Waals surface area contributed by atoms with E-state index < -0.39 is 5.75 Å². The van der Waals surface area contributed by atoms with Crippen molar-refractivity contribution in [2.24, 2.45) is 5.73 Å². The van der Waals surface area contributed by atoms with E-state index in [0.717, 1.165) is 0 Å². The van der Waals surface area contributed by atoms with Crippen LogP contribution in [-0.4, -0.2) is 15.3 Å². The molecule has 1 atom stereocenters. The molecule has 1 rings (SSSR count). The summed E-state index contributed by atoms with van der Waals surface area (Å²) in [5.41, 5.74) is 5.89. The number of aromatic hydroxyl groups is 3. The van der Waals surface area contributed by atoms with Crippen LogP contribution >= 0.6 is 0 Å². The Labute approximate surface area is 69.9 Å². The van der Waals surface area contributed by atoms with Crippen LogP contribution < -0.4 is 5.73 Å². The van der Waals surface area contributed by atoms with Gasteiger partial charge in [0.25, 0.3) is 0 Å². The van der Waals surface area contributed by atoms with Crippen molar-refractivity contribution in [3.63, 3.8) is 0 Å². The zero-order chi connectivity index (χ0) is 9.30. The fraction of sp³-hybridized carbons (Fsp3) is 0.250. The normalized spacial score (nSPS) is 12.8. The lowest BCUT2D eigenvalue weighted by atomic mass is 10.1. The minimum atomic E-state index is -0.523. The maximum atomic E-state index is 9.26. The van der Waals surface area contributed by atoms with Crippen LogP contribution in [0.1, 0.15) is 18.5 Å². The van der Waals surface area contributed by atoms with Crippen molar-refractivity contribution in [2.75, 3.05) is 0 Å². The van der Waals surface area contributed by atoms with E-state index in [4.69, 9.17) is 15.9 Å². The molecule has 0 fully saturated rings. The van der Waals surface area contributed by atoms with Crippen molar-refractivity contribution >= 4 is 0 Å². The first-order valence-corrected chi connectivity index (χ1v) is 3.53. The van der Waals surface area contributed by atoms with Crippen LogP contribution in [0.25, 0.3) is 0 Å². The highest BCUT2D eigenvalue weighted by Gasteiger charge is 2.12. The lowest BCUT2D eigenvalue weighted by Gasteiger charge is -2.09. The van der Waals surface area contributed by atoms with Crippen LogP contribution in [0.5, 0.6) is 17.2 Å². The maximum absolute atomic E-state index is 9.26. The van der Waals surface area contributed by atoms with Gasteiger partial charge in [0, 0.05) is 11.6 Å². The van der Waals surface area contributed by atoms with Crippen LogP contribution in [0.3, 0.4) is 0 Å². The third kappa shape index (κ3) is 1.29. The van der Waals surface area contributed by atoms with Gasteiger partial charge in [-0.3, -0.25) is 0 Å². The standard InChI is InChI=1S/C8H11NO3/c1-4(9)5-2-3-6(10)8(12)7(5)11/h2-4,10-12H,9H2,1H3/t4-/m1/s1. The molecule has 0 bridgehead atoms. The molecule has 0 radical (unpaired) electrons. The fourth-order valence-corrected chi connectivity index (χ4v) is 0.952. The number of nitrogens with two attached hydrogens (primary N) is 1. The molecule has 4 nitrogen and oxygen atoms in total. The molecule has 0 saturated heterocycles. The minimum absolute atomic E-state index is 0.350. The molecule has 0 heterocycles. The molecule has 0 spiro atoms. The number of benzene rings is 1. The van der Waals surface area contributed by atoms with Gasteiger partial charge in [-0.15, -0.1) is 0 Å². The summed E-state index contributed by atoms with van der Waals surface area (Å²) in [6, 6.07) is 2.37. The Morgan fingerprint density at radius 3 is 2.25 bits per heavy atom. The molecule has 66 valence electrons. The third-order valence-electron chi connectivity index (χ3n) is 1.65. The number of hydrogen-bond donors (Lipinski definition) is 4. The summed E-state index contributed by atoms with van der Waals surface area (Å²) in [6.45, 7) is 1.67. The van der Waals surface area contributed by atoms with Gasteiger partial charge in [0.05, 0.1) is 0 Å². The third-order valence-corrected chi connectivity index (χ3v) is 1.65. The van der Waals surface area contributed by atoms with E-state index in [-0.39, 0.29) is 17.5 Å². The Hall–Kier alpha value is -1.42. The van der Waals surface area contributed by atoms with Gasteiger partial charge < -0.3 is 21.1 Å². The summed E-state index contributed by atoms with van der Waals surface area (Å²) in [4.78, 5) is 0. The Kier molecular flexibility index (Phi) is 2.10. The molecule has 5 N–H and O–H groups in total. The van der Waals surface area contributed by atoms with E-state index in [1.165, 1.54) is 12.1 Å². The quantitative estimate of drug-likeness (QED) is 0.469. The molecular weight excluding hydrogens is 158 g/mol. The maximum Gasteiger partial charge on any atom is 0.200 e. The SMILES string of the molecule is C[C@@H](N)c1ccc(O)c(O)c1O. The van der Waals surface area contributed by atoms with Crippen molar-refractivity contribution < 1.29 is 15.3 Å². The molecule has 0 unspecified atom stereocenters. The second kappa shape index (κ2) is 2.91. The Morgan fingerprint density at radius 2 is 1.75 bits per heavy atom. The number of phenolic OH excluding ortho intramolecular Hbond substituents is 3. The van der Waals surface area contributed by atoms with Crippen LogP contribution in [0.15, 0.2) is 12.1 Å². The number of hydrogen-bond acceptors (Lipinski definition) is 4. The second-order valence-electron chi connectivity index (χ2n) is 2.66. The van der Waals surface area contributed by atoms with Gasteiger partial charge in [-0.25, -0.2) is 0 Å². The fourth-order valence-electron chi connectivity index (χ4n) is 0.952. The van der Waals surface area contributed by atoms with E-state index >= 15 is 0 Å². The number of rotatable bonds is 1. The molecule has 0 aliphatic carbocycles. The molecule has 12 heavy (non-hydrogen) atoms. The van der Waals surface area contributed by atoms with Gasteiger partial charge >= 0.3 is 0 Å². The van der Waals surface area contributed by atoms with Gasteiger partial charge in [-0.1, -0.05) is 0 Å². The molecule has 0 aromatic heterocycles. The van der Waals surface area contributed by atoms with E-state index in [9.17, 15) is 5.11 Å². The van der Waals surface area contributed by atoms with Crippen LogP contribution in [0.4, 0.5) is 0 Å². The Balaban J connectivity index is 3.27. The summed E-state index contributed by atoms with van der Waals surface area (Å²) in [5.74, 6) is -1.23. The van der Waals surface area contributed by atoms with Gasteiger partial charge in [0.2, 0.25) is 5.75 Å². The average Bonchev–Trinajstić information content (AvgIpc) is 2.00. The summed E-state index contributed by atoms with van der Waals surface area (Å²) in [6.07, 6.45) is 0. The largest absolute Gasteiger partial charge is 0.504 e. The monoisotopic (exact) mass is 169 g/mol. The predicted molar refractivity (Wildman–Crippen MR) is 44.0 cm³/mol. The number of phenols is 3. The molecule has 0 aliphatic rings. The summed E-state index contributed by atoms with van der Waals surface area (Å²) >= 11 is 0. The molecule has 0 aliphatic heterocycles. The molecule has 4 heteroatoms. The van der Waals surface area contributed by atoms with Gasteiger partial charge in [-0.2, -0.15) is 0 Å². The molecule has 1 aromatic rings. The van der Waals surface area contributed by atoms with Crippen LogP contribution in [-0.2, 0) is 0 Å².